The third-order valence-electron chi connectivity index (χ3n) is 1.80. The van der Waals surface area contributed by atoms with Crippen LogP contribution in [0.1, 0.15) is 27.7 Å². The first-order valence-electron chi connectivity index (χ1n) is 3.74. The molecule has 0 saturated heterocycles. The van der Waals surface area contributed by atoms with E-state index in [1.807, 2.05) is 0 Å². The summed E-state index contributed by atoms with van der Waals surface area (Å²) in [4.78, 5) is 11.2. The molecule has 11 heavy (non-hydrogen) atoms. The van der Waals surface area contributed by atoms with Crippen LogP contribution in [0.15, 0.2) is 0 Å². The van der Waals surface area contributed by atoms with Gasteiger partial charge in [-0.1, -0.05) is 0 Å². The average molecular weight is 179 g/mol. The normalized spacial score (nSPS) is 14.3. The third kappa shape index (κ3) is 2.70. The molecule has 0 aliphatic rings. The molecule has 1 unspecified atom stereocenters. The van der Waals surface area contributed by atoms with E-state index in [1.54, 1.807) is 27.7 Å². The summed E-state index contributed by atoms with van der Waals surface area (Å²) >= 11 is 5.80. The number of halogens is 1. The Kier molecular flexibility index (Phi) is 3.87. The molecule has 0 heterocycles. The lowest BCUT2D eigenvalue weighted by atomic mass is 9.90. The van der Waals surface area contributed by atoms with E-state index in [-0.39, 0.29) is 11.3 Å². The fourth-order valence-corrected chi connectivity index (χ4v) is 0.569. The van der Waals surface area contributed by atoms with Crippen LogP contribution in [-0.4, -0.2) is 18.0 Å². The number of carbonyl (C=O) groups is 1. The second-order valence-electron chi connectivity index (χ2n) is 3.06. The van der Waals surface area contributed by atoms with E-state index in [4.69, 9.17) is 16.3 Å². The van der Waals surface area contributed by atoms with Crippen LogP contribution in [0, 0.1) is 5.41 Å². The number of carbonyl (C=O) groups excluding carboxylic acids is 1. The first-order valence-corrected chi connectivity index (χ1v) is 4.17. The number of hydrogen-bond acceptors (Lipinski definition) is 2. The lowest BCUT2D eigenvalue weighted by molar-refractivity contribution is -0.153. The first-order chi connectivity index (χ1) is 4.92. The van der Waals surface area contributed by atoms with Crippen molar-refractivity contribution in [2.75, 3.05) is 6.61 Å². The molecule has 0 radical (unpaired) electrons. The standard InChI is InChI=1S/C8H15ClO2/c1-5-11-7(10)8(3,4)6(2)9/h6H,5H2,1-4H3. The van der Waals surface area contributed by atoms with Crippen LogP contribution in [-0.2, 0) is 9.53 Å². The van der Waals surface area contributed by atoms with Crippen molar-refractivity contribution >= 4 is 17.6 Å². The molecule has 0 spiro atoms. The average Bonchev–Trinajstić information content (AvgIpc) is 1.88. The van der Waals surface area contributed by atoms with E-state index >= 15 is 0 Å². The number of hydrogen-bond donors (Lipinski definition) is 0. The second-order valence-corrected chi connectivity index (χ2v) is 3.71. The SMILES string of the molecule is CCOC(=O)C(C)(C)C(C)Cl. The minimum absolute atomic E-state index is 0.207. The van der Waals surface area contributed by atoms with Gasteiger partial charge in [-0.3, -0.25) is 4.79 Å². The summed E-state index contributed by atoms with van der Waals surface area (Å²) in [6, 6.07) is 0. The maximum absolute atomic E-state index is 11.2. The number of alkyl halides is 1. The van der Waals surface area contributed by atoms with Crippen molar-refractivity contribution in [1.29, 1.82) is 0 Å². The van der Waals surface area contributed by atoms with Gasteiger partial charge in [0, 0.05) is 5.38 Å². The highest BCUT2D eigenvalue weighted by Crippen LogP contribution is 2.26. The largest absolute Gasteiger partial charge is 0.466 e. The number of ether oxygens (including phenoxy) is 1. The van der Waals surface area contributed by atoms with Gasteiger partial charge in [0.1, 0.15) is 0 Å². The molecule has 0 N–H and O–H groups in total. The number of esters is 1. The highest BCUT2D eigenvalue weighted by molar-refractivity contribution is 6.22. The Morgan fingerprint density at radius 3 is 2.36 bits per heavy atom. The monoisotopic (exact) mass is 178 g/mol. The summed E-state index contributed by atoms with van der Waals surface area (Å²) in [7, 11) is 0. The Balaban J connectivity index is 4.18. The topological polar surface area (TPSA) is 26.3 Å². The molecule has 2 nitrogen and oxygen atoms in total. The summed E-state index contributed by atoms with van der Waals surface area (Å²) in [6.07, 6.45) is 0. The van der Waals surface area contributed by atoms with Gasteiger partial charge in [-0.15, -0.1) is 11.6 Å². The molecule has 0 aliphatic carbocycles. The Morgan fingerprint density at radius 1 is 1.64 bits per heavy atom. The zero-order valence-electron chi connectivity index (χ0n) is 7.48. The van der Waals surface area contributed by atoms with E-state index < -0.39 is 5.41 Å². The Labute approximate surface area is 72.9 Å². The van der Waals surface area contributed by atoms with Crippen molar-refractivity contribution in [2.24, 2.45) is 5.41 Å². The van der Waals surface area contributed by atoms with Crippen LogP contribution < -0.4 is 0 Å². The van der Waals surface area contributed by atoms with Crippen LogP contribution in [0.5, 0.6) is 0 Å². The minimum atomic E-state index is -0.586. The molecule has 0 aromatic carbocycles. The van der Waals surface area contributed by atoms with Crippen molar-refractivity contribution in [3.63, 3.8) is 0 Å². The van der Waals surface area contributed by atoms with Gasteiger partial charge in [0.2, 0.25) is 0 Å². The van der Waals surface area contributed by atoms with E-state index in [1.165, 1.54) is 0 Å². The molecular weight excluding hydrogens is 164 g/mol. The predicted octanol–water partition coefficient (Wildman–Crippen LogP) is 2.20. The minimum Gasteiger partial charge on any atom is -0.466 e. The van der Waals surface area contributed by atoms with Gasteiger partial charge in [0.25, 0.3) is 0 Å². The van der Waals surface area contributed by atoms with Crippen molar-refractivity contribution in [3.05, 3.63) is 0 Å². The fourth-order valence-electron chi connectivity index (χ4n) is 0.479. The number of rotatable bonds is 3. The highest BCUT2D eigenvalue weighted by atomic mass is 35.5. The Hall–Kier alpha value is -0.240. The van der Waals surface area contributed by atoms with Gasteiger partial charge in [-0.2, -0.15) is 0 Å². The summed E-state index contributed by atoms with van der Waals surface area (Å²) in [5.74, 6) is -0.234. The molecule has 0 aliphatic heterocycles. The van der Waals surface area contributed by atoms with Crippen LogP contribution in [0.2, 0.25) is 0 Å². The molecule has 0 saturated carbocycles. The second kappa shape index (κ2) is 3.96. The van der Waals surface area contributed by atoms with E-state index in [0.717, 1.165) is 0 Å². The van der Waals surface area contributed by atoms with Crippen LogP contribution in [0.25, 0.3) is 0 Å². The molecule has 3 heteroatoms. The quantitative estimate of drug-likeness (QED) is 0.489. The predicted molar refractivity (Wildman–Crippen MR) is 45.7 cm³/mol. The van der Waals surface area contributed by atoms with Crippen LogP contribution in [0.3, 0.4) is 0 Å². The highest BCUT2D eigenvalue weighted by Gasteiger charge is 2.34. The zero-order valence-corrected chi connectivity index (χ0v) is 8.23. The summed E-state index contributed by atoms with van der Waals surface area (Å²) < 4.78 is 4.84. The lowest BCUT2D eigenvalue weighted by Gasteiger charge is -2.24. The third-order valence-corrected chi connectivity index (χ3v) is 2.34. The van der Waals surface area contributed by atoms with Gasteiger partial charge < -0.3 is 4.74 Å². The van der Waals surface area contributed by atoms with Gasteiger partial charge in [-0.05, 0) is 27.7 Å². The zero-order chi connectivity index (χ0) is 9.07. The van der Waals surface area contributed by atoms with Crippen molar-refractivity contribution in [3.8, 4) is 0 Å². The summed E-state index contributed by atoms with van der Waals surface area (Å²) in [5.41, 5.74) is -0.586. The maximum Gasteiger partial charge on any atom is 0.312 e. The Bertz CT molecular complexity index is 141. The smallest absolute Gasteiger partial charge is 0.312 e. The molecule has 0 rings (SSSR count). The molecule has 1 atom stereocenters. The van der Waals surface area contributed by atoms with E-state index in [2.05, 4.69) is 0 Å². The van der Waals surface area contributed by atoms with Crippen molar-refractivity contribution < 1.29 is 9.53 Å². The maximum atomic E-state index is 11.2. The van der Waals surface area contributed by atoms with E-state index in [9.17, 15) is 4.79 Å². The van der Waals surface area contributed by atoms with E-state index in [0.29, 0.717) is 6.61 Å². The molecule has 66 valence electrons. The van der Waals surface area contributed by atoms with Crippen molar-refractivity contribution in [2.45, 2.75) is 33.1 Å². The van der Waals surface area contributed by atoms with Gasteiger partial charge in [0.15, 0.2) is 0 Å². The lowest BCUT2D eigenvalue weighted by Crippen LogP contribution is -2.33. The van der Waals surface area contributed by atoms with Gasteiger partial charge in [-0.25, -0.2) is 0 Å². The van der Waals surface area contributed by atoms with Crippen LogP contribution in [0.4, 0.5) is 0 Å². The van der Waals surface area contributed by atoms with Gasteiger partial charge in [0.05, 0.1) is 12.0 Å². The molecule has 0 fully saturated rings. The summed E-state index contributed by atoms with van der Waals surface area (Å²) in [6.45, 7) is 7.54. The molecular formula is C8H15ClO2. The summed E-state index contributed by atoms with van der Waals surface area (Å²) in [5, 5.41) is -0.207. The van der Waals surface area contributed by atoms with Gasteiger partial charge >= 0.3 is 5.97 Å². The molecule has 0 bridgehead atoms. The molecule has 0 aromatic rings. The fraction of sp³-hybridized carbons (Fsp3) is 0.875. The molecule has 0 aromatic heterocycles. The first kappa shape index (κ1) is 10.8. The Morgan fingerprint density at radius 2 is 2.09 bits per heavy atom. The molecule has 0 amide bonds. The van der Waals surface area contributed by atoms with Crippen molar-refractivity contribution in [1.82, 2.24) is 0 Å². The van der Waals surface area contributed by atoms with Crippen LogP contribution >= 0.6 is 11.6 Å².